The number of urea groups is 1. The van der Waals surface area contributed by atoms with Gasteiger partial charge in [-0.2, -0.15) is 5.10 Å². The van der Waals surface area contributed by atoms with Crippen molar-refractivity contribution in [2.24, 2.45) is 0 Å². The molecule has 1 unspecified atom stereocenters. The molecule has 1 heterocycles. The molecule has 208 valence electrons. The van der Waals surface area contributed by atoms with Crippen LogP contribution in [0.4, 0.5) is 30.6 Å². The van der Waals surface area contributed by atoms with Crippen LogP contribution in [0.2, 0.25) is 0 Å². The van der Waals surface area contributed by atoms with Crippen LogP contribution >= 0.6 is 0 Å². The molecule has 0 bridgehead atoms. The van der Waals surface area contributed by atoms with Crippen molar-refractivity contribution in [3.8, 4) is 0 Å². The summed E-state index contributed by atoms with van der Waals surface area (Å²) in [7, 11) is 3.04. The summed E-state index contributed by atoms with van der Waals surface area (Å²) in [5, 5.41) is 21.0. The number of nitrogens with one attached hydrogen (secondary N) is 2. The van der Waals surface area contributed by atoms with Gasteiger partial charge in [-0.25, -0.2) is 23.2 Å². The summed E-state index contributed by atoms with van der Waals surface area (Å²) < 4.78 is 34.3. The number of anilines is 3. The summed E-state index contributed by atoms with van der Waals surface area (Å²) in [5.74, 6) is -1.98. The van der Waals surface area contributed by atoms with E-state index in [1.165, 1.54) is 30.5 Å². The number of benzene rings is 3. The minimum absolute atomic E-state index is 0.0609. The molecule has 0 saturated carbocycles. The topological polar surface area (TPSA) is 122 Å². The summed E-state index contributed by atoms with van der Waals surface area (Å²) >= 11 is 0. The Bertz CT molecular complexity index is 1450. The quantitative estimate of drug-likeness (QED) is 0.256. The van der Waals surface area contributed by atoms with Gasteiger partial charge >= 0.3 is 12.0 Å². The molecule has 0 fully saturated rings. The third-order valence-electron chi connectivity index (χ3n) is 6.18. The standard InChI is InChI=1S/C28H28F2N6O4/c1-35(15-28(39,16-36-18-31-17-32-36)24-12-5-20(29)14-25(24)30)23-10-8-22(9-11-23)34-27(38)33-21-6-3-19(4-7-21)13-26(37)40-2/h3-12,14,17-18,39H,13,15-16H2,1-2H3,(H2,33,34,38). The van der Waals surface area contributed by atoms with Crippen LogP contribution in [0.3, 0.4) is 0 Å². The number of hydrogen-bond donors (Lipinski definition) is 3. The number of rotatable bonds is 10. The Balaban J connectivity index is 1.41. The van der Waals surface area contributed by atoms with Gasteiger partial charge in [0.1, 0.15) is 29.9 Å². The first-order valence-electron chi connectivity index (χ1n) is 12.2. The van der Waals surface area contributed by atoms with Crippen LogP contribution in [0.15, 0.2) is 79.4 Å². The number of carbonyl (C=O) groups excluding carboxylic acids is 2. The molecular weight excluding hydrogens is 522 g/mol. The van der Waals surface area contributed by atoms with Gasteiger partial charge in [0, 0.05) is 35.7 Å². The van der Waals surface area contributed by atoms with Crippen LogP contribution < -0.4 is 15.5 Å². The molecular formula is C28H28F2N6O4. The second-order valence-corrected chi connectivity index (χ2v) is 9.18. The Morgan fingerprint density at radius 1 is 1.02 bits per heavy atom. The smallest absolute Gasteiger partial charge is 0.323 e. The minimum atomic E-state index is -1.77. The summed E-state index contributed by atoms with van der Waals surface area (Å²) in [4.78, 5) is 29.4. The van der Waals surface area contributed by atoms with E-state index in [0.717, 1.165) is 17.7 Å². The van der Waals surface area contributed by atoms with Crippen molar-refractivity contribution in [1.82, 2.24) is 14.8 Å². The van der Waals surface area contributed by atoms with E-state index in [-0.39, 0.29) is 31.0 Å². The summed E-state index contributed by atoms with van der Waals surface area (Å²) in [6.45, 7) is -0.183. The normalized spacial score (nSPS) is 12.3. The predicted octanol–water partition coefficient (Wildman–Crippen LogP) is 3.94. The van der Waals surface area contributed by atoms with Gasteiger partial charge < -0.3 is 25.4 Å². The number of halogens is 2. The molecule has 2 amide bonds. The van der Waals surface area contributed by atoms with Crippen molar-refractivity contribution < 1.29 is 28.2 Å². The van der Waals surface area contributed by atoms with Crippen molar-refractivity contribution in [3.05, 3.63) is 102 Å². The SMILES string of the molecule is COC(=O)Cc1ccc(NC(=O)Nc2ccc(N(C)CC(O)(Cn3cncn3)c3ccc(F)cc3F)cc2)cc1. The lowest BCUT2D eigenvalue weighted by molar-refractivity contribution is -0.139. The van der Waals surface area contributed by atoms with Crippen LogP contribution in [0.5, 0.6) is 0 Å². The van der Waals surface area contributed by atoms with Crippen LogP contribution in [0.1, 0.15) is 11.1 Å². The molecule has 4 rings (SSSR count). The number of carbonyl (C=O) groups is 2. The molecule has 0 spiro atoms. The van der Waals surface area contributed by atoms with Crippen molar-refractivity contribution in [2.75, 3.05) is 36.2 Å². The molecule has 0 aliphatic heterocycles. The van der Waals surface area contributed by atoms with Gasteiger partial charge in [-0.05, 0) is 48.0 Å². The molecule has 1 atom stereocenters. The number of likely N-dealkylation sites (N-methyl/N-ethyl adjacent to an activating group) is 1. The largest absolute Gasteiger partial charge is 0.469 e. The lowest BCUT2D eigenvalue weighted by Crippen LogP contribution is -2.43. The van der Waals surface area contributed by atoms with E-state index in [0.29, 0.717) is 17.1 Å². The highest BCUT2D eigenvalue weighted by atomic mass is 19.1. The molecule has 12 heteroatoms. The molecule has 0 aliphatic carbocycles. The van der Waals surface area contributed by atoms with Crippen LogP contribution in [0, 0.1) is 11.6 Å². The van der Waals surface area contributed by atoms with E-state index in [9.17, 15) is 23.5 Å². The number of aliphatic hydroxyl groups is 1. The fourth-order valence-electron chi connectivity index (χ4n) is 4.19. The van der Waals surface area contributed by atoms with Crippen molar-refractivity contribution in [3.63, 3.8) is 0 Å². The fourth-order valence-corrected chi connectivity index (χ4v) is 4.19. The van der Waals surface area contributed by atoms with Gasteiger partial charge in [-0.15, -0.1) is 0 Å². The zero-order chi connectivity index (χ0) is 28.7. The van der Waals surface area contributed by atoms with E-state index >= 15 is 0 Å². The molecule has 10 nitrogen and oxygen atoms in total. The van der Waals surface area contributed by atoms with Crippen LogP contribution in [-0.2, 0) is 28.1 Å². The zero-order valence-corrected chi connectivity index (χ0v) is 21.8. The highest BCUT2D eigenvalue weighted by Crippen LogP contribution is 2.29. The maximum atomic E-state index is 14.7. The Kier molecular flexibility index (Phi) is 8.70. The Hall–Kier alpha value is -4.84. The van der Waals surface area contributed by atoms with E-state index in [1.807, 2.05) is 0 Å². The summed E-state index contributed by atoms with van der Waals surface area (Å²) in [6, 6.07) is 16.2. The first kappa shape index (κ1) is 28.2. The molecule has 3 N–H and O–H groups in total. The van der Waals surface area contributed by atoms with Crippen LogP contribution in [-0.4, -0.2) is 52.6 Å². The van der Waals surface area contributed by atoms with Gasteiger partial charge in [-0.1, -0.05) is 18.2 Å². The van der Waals surface area contributed by atoms with Crippen molar-refractivity contribution >= 4 is 29.1 Å². The minimum Gasteiger partial charge on any atom is -0.469 e. The second-order valence-electron chi connectivity index (χ2n) is 9.18. The van der Waals surface area contributed by atoms with Gasteiger partial charge in [0.25, 0.3) is 0 Å². The first-order valence-corrected chi connectivity index (χ1v) is 12.2. The van der Waals surface area contributed by atoms with Gasteiger partial charge in [-0.3, -0.25) is 4.79 Å². The second kappa shape index (κ2) is 12.3. The molecule has 4 aromatic rings. The average Bonchev–Trinajstić information content (AvgIpc) is 3.42. The summed E-state index contributed by atoms with van der Waals surface area (Å²) in [5.41, 5.74) is 0.634. The van der Waals surface area contributed by atoms with E-state index in [1.54, 1.807) is 60.5 Å². The number of esters is 1. The number of aromatic nitrogens is 3. The molecule has 0 radical (unpaired) electrons. The average molecular weight is 551 g/mol. The first-order chi connectivity index (χ1) is 19.1. The number of hydrogen-bond acceptors (Lipinski definition) is 7. The van der Waals surface area contributed by atoms with E-state index in [4.69, 9.17) is 0 Å². The summed E-state index contributed by atoms with van der Waals surface area (Å²) in [6.07, 6.45) is 2.84. The molecule has 40 heavy (non-hydrogen) atoms. The number of methoxy groups -OCH3 is 1. The lowest BCUT2D eigenvalue weighted by Gasteiger charge is -2.34. The molecule has 3 aromatic carbocycles. The fraction of sp³-hybridized carbons (Fsp3) is 0.214. The third kappa shape index (κ3) is 7.17. The number of ether oxygens (including phenoxy) is 1. The molecule has 1 aromatic heterocycles. The number of amides is 2. The Morgan fingerprint density at radius 3 is 2.25 bits per heavy atom. The molecule has 0 saturated heterocycles. The third-order valence-corrected chi connectivity index (χ3v) is 6.18. The van der Waals surface area contributed by atoms with Crippen LogP contribution in [0.25, 0.3) is 0 Å². The Labute approximate surface area is 229 Å². The van der Waals surface area contributed by atoms with Crippen molar-refractivity contribution in [2.45, 2.75) is 18.6 Å². The number of nitrogens with zero attached hydrogens (tertiary/aromatic N) is 4. The predicted molar refractivity (Wildman–Crippen MR) is 145 cm³/mol. The van der Waals surface area contributed by atoms with Crippen molar-refractivity contribution in [1.29, 1.82) is 0 Å². The highest BCUT2D eigenvalue weighted by molar-refractivity contribution is 5.99. The maximum absolute atomic E-state index is 14.7. The Morgan fingerprint density at radius 2 is 1.68 bits per heavy atom. The van der Waals surface area contributed by atoms with Gasteiger partial charge in [0.05, 0.1) is 26.6 Å². The lowest BCUT2D eigenvalue weighted by atomic mass is 9.92. The van der Waals surface area contributed by atoms with Gasteiger partial charge in [0.15, 0.2) is 0 Å². The van der Waals surface area contributed by atoms with E-state index < -0.39 is 23.3 Å². The molecule has 0 aliphatic rings. The van der Waals surface area contributed by atoms with Gasteiger partial charge in [0.2, 0.25) is 0 Å². The monoisotopic (exact) mass is 550 g/mol. The zero-order valence-electron chi connectivity index (χ0n) is 21.8. The highest BCUT2D eigenvalue weighted by Gasteiger charge is 2.35. The maximum Gasteiger partial charge on any atom is 0.323 e. The van der Waals surface area contributed by atoms with E-state index in [2.05, 4.69) is 25.5 Å².